The fourth-order valence-electron chi connectivity index (χ4n) is 5.79. The van der Waals surface area contributed by atoms with Crippen LogP contribution in [0.1, 0.15) is 41.4 Å². The number of rotatable bonds is 8. The molecule has 2 aromatic carbocycles. The number of nitrogens with zero attached hydrogens (tertiary/aromatic N) is 4. The zero-order valence-electron chi connectivity index (χ0n) is 23.3. The summed E-state index contributed by atoms with van der Waals surface area (Å²) in [4.78, 5) is 26.2. The summed E-state index contributed by atoms with van der Waals surface area (Å²) in [6.07, 6.45) is 4.94. The van der Waals surface area contributed by atoms with Crippen molar-refractivity contribution in [2.75, 3.05) is 40.5 Å². The third kappa shape index (κ3) is 5.09. The van der Waals surface area contributed by atoms with Crippen molar-refractivity contribution in [1.82, 2.24) is 9.80 Å². The maximum atomic E-state index is 13.2. The number of aliphatic hydroxyl groups excluding tert-OH is 1. The first-order valence-electron chi connectivity index (χ1n) is 13.7. The number of methoxy groups -OCH3 is 2. The molecule has 6 rings (SSSR count). The van der Waals surface area contributed by atoms with E-state index in [1.54, 1.807) is 43.4 Å². The SMILES string of the molecule is C=C1C[C@H]2C=Nc3cc(OCCCOc4cc5c(cc4OC)C(O)N4CC(=C)C[C@H]4C=N5)c(OC)cc3C(=O)N2C1. The van der Waals surface area contributed by atoms with E-state index >= 15 is 0 Å². The number of carbonyl (C=O) groups is 1. The summed E-state index contributed by atoms with van der Waals surface area (Å²) in [5, 5.41) is 11.0. The van der Waals surface area contributed by atoms with E-state index in [-0.39, 0.29) is 18.0 Å². The first-order chi connectivity index (χ1) is 19.9. The van der Waals surface area contributed by atoms with Gasteiger partial charge in [-0.2, -0.15) is 0 Å². The van der Waals surface area contributed by atoms with Crippen molar-refractivity contribution >= 4 is 29.7 Å². The molecule has 10 nitrogen and oxygen atoms in total. The van der Waals surface area contributed by atoms with Crippen molar-refractivity contribution in [3.8, 4) is 23.0 Å². The highest BCUT2D eigenvalue weighted by atomic mass is 16.5. The number of aliphatic imine (C=N–C) groups is 2. The molecule has 1 unspecified atom stereocenters. The van der Waals surface area contributed by atoms with Crippen LogP contribution in [0.3, 0.4) is 0 Å². The van der Waals surface area contributed by atoms with Gasteiger partial charge in [-0.3, -0.25) is 19.7 Å². The lowest BCUT2D eigenvalue weighted by Crippen LogP contribution is -2.35. The first-order valence-corrected chi connectivity index (χ1v) is 13.7. The molecule has 2 fully saturated rings. The lowest BCUT2D eigenvalue weighted by molar-refractivity contribution is 0.0112. The number of carbonyl (C=O) groups excluding carboxylic acids is 1. The molecule has 2 aromatic rings. The molecule has 0 aliphatic carbocycles. The van der Waals surface area contributed by atoms with Crippen molar-refractivity contribution in [3.63, 3.8) is 0 Å². The third-order valence-corrected chi connectivity index (χ3v) is 7.88. The Bertz CT molecular complexity index is 1470. The molecule has 1 N–H and O–H groups in total. The van der Waals surface area contributed by atoms with Crippen molar-refractivity contribution in [2.24, 2.45) is 9.98 Å². The van der Waals surface area contributed by atoms with Crippen LogP contribution >= 0.6 is 0 Å². The van der Waals surface area contributed by atoms with E-state index < -0.39 is 6.23 Å². The highest BCUT2D eigenvalue weighted by Gasteiger charge is 2.36. The Hall–Kier alpha value is -4.15. The number of ether oxygens (including phenoxy) is 4. The van der Waals surface area contributed by atoms with Crippen LogP contribution in [-0.2, 0) is 0 Å². The van der Waals surface area contributed by atoms with Gasteiger partial charge in [0.25, 0.3) is 5.91 Å². The molecular formula is C31H34N4O6. The summed E-state index contributed by atoms with van der Waals surface area (Å²) in [5.74, 6) is 1.96. The monoisotopic (exact) mass is 558 g/mol. The average Bonchev–Trinajstić information content (AvgIpc) is 3.48. The van der Waals surface area contributed by atoms with E-state index in [1.807, 2.05) is 17.3 Å². The molecule has 3 atom stereocenters. The topological polar surface area (TPSA) is 105 Å². The fourth-order valence-corrected chi connectivity index (χ4v) is 5.79. The summed E-state index contributed by atoms with van der Waals surface area (Å²) in [7, 11) is 3.12. The summed E-state index contributed by atoms with van der Waals surface area (Å²) >= 11 is 0. The van der Waals surface area contributed by atoms with Crippen LogP contribution in [0.4, 0.5) is 11.4 Å². The van der Waals surface area contributed by atoms with Crippen LogP contribution in [-0.4, -0.2) is 85.8 Å². The first kappa shape index (κ1) is 27.0. The number of benzene rings is 2. The maximum absolute atomic E-state index is 13.2. The van der Waals surface area contributed by atoms with Crippen molar-refractivity contribution < 1.29 is 28.8 Å². The maximum Gasteiger partial charge on any atom is 0.257 e. The average molecular weight is 559 g/mol. The van der Waals surface area contributed by atoms with Gasteiger partial charge in [-0.15, -0.1) is 0 Å². The van der Waals surface area contributed by atoms with Gasteiger partial charge in [0.05, 0.1) is 56.5 Å². The van der Waals surface area contributed by atoms with Gasteiger partial charge in [-0.1, -0.05) is 24.3 Å². The summed E-state index contributed by atoms with van der Waals surface area (Å²) in [6, 6.07) is 6.97. The summed E-state index contributed by atoms with van der Waals surface area (Å²) in [5.41, 5.74) is 4.47. The molecule has 0 spiro atoms. The summed E-state index contributed by atoms with van der Waals surface area (Å²) < 4.78 is 23.2. The summed E-state index contributed by atoms with van der Waals surface area (Å²) in [6.45, 7) is 9.97. The van der Waals surface area contributed by atoms with Crippen molar-refractivity contribution in [2.45, 2.75) is 37.6 Å². The van der Waals surface area contributed by atoms with Gasteiger partial charge in [0.1, 0.15) is 6.23 Å². The highest BCUT2D eigenvalue weighted by Crippen LogP contribution is 2.43. The number of amides is 1. The number of aliphatic hydroxyl groups is 1. The van der Waals surface area contributed by atoms with E-state index in [1.165, 1.54) is 0 Å². The minimum Gasteiger partial charge on any atom is -0.493 e. The Morgan fingerprint density at radius 1 is 0.854 bits per heavy atom. The van der Waals surface area contributed by atoms with Crippen molar-refractivity contribution in [1.29, 1.82) is 0 Å². The fraction of sp³-hybridized carbons (Fsp3) is 0.387. The van der Waals surface area contributed by atoms with Crippen LogP contribution in [0.25, 0.3) is 0 Å². The molecule has 4 aliphatic heterocycles. The molecular weight excluding hydrogens is 524 g/mol. The number of hydrogen-bond acceptors (Lipinski definition) is 9. The van der Waals surface area contributed by atoms with Crippen LogP contribution in [0, 0.1) is 0 Å². The Morgan fingerprint density at radius 3 is 2.20 bits per heavy atom. The largest absolute Gasteiger partial charge is 0.493 e. The van der Waals surface area contributed by atoms with Crippen LogP contribution in [0.2, 0.25) is 0 Å². The molecule has 4 heterocycles. The van der Waals surface area contributed by atoms with Gasteiger partial charge < -0.3 is 29.0 Å². The van der Waals surface area contributed by atoms with Crippen molar-refractivity contribution in [3.05, 3.63) is 59.7 Å². The number of hydrogen-bond donors (Lipinski definition) is 1. The molecule has 0 radical (unpaired) electrons. The molecule has 41 heavy (non-hydrogen) atoms. The third-order valence-electron chi connectivity index (χ3n) is 7.88. The Kier molecular flexibility index (Phi) is 7.27. The molecule has 4 aliphatic rings. The predicted octanol–water partition coefficient (Wildman–Crippen LogP) is 4.38. The van der Waals surface area contributed by atoms with E-state index in [9.17, 15) is 9.90 Å². The molecule has 0 aromatic heterocycles. The lowest BCUT2D eigenvalue weighted by Gasteiger charge is -2.26. The second-order valence-corrected chi connectivity index (χ2v) is 10.7. The van der Waals surface area contributed by atoms with Gasteiger partial charge in [-0.05, 0) is 25.0 Å². The van der Waals surface area contributed by atoms with E-state index in [4.69, 9.17) is 18.9 Å². The second-order valence-electron chi connectivity index (χ2n) is 10.7. The predicted molar refractivity (Wildman–Crippen MR) is 156 cm³/mol. The molecule has 2 saturated heterocycles. The van der Waals surface area contributed by atoms with Crippen LogP contribution in [0.5, 0.6) is 23.0 Å². The number of fused-ring (bicyclic) bond motifs is 4. The van der Waals surface area contributed by atoms with Gasteiger partial charge in [0.15, 0.2) is 23.0 Å². The molecule has 1 amide bonds. The Labute approximate surface area is 239 Å². The molecule has 214 valence electrons. The lowest BCUT2D eigenvalue weighted by atomic mass is 10.1. The molecule has 10 heteroatoms. The van der Waals surface area contributed by atoms with Crippen LogP contribution < -0.4 is 18.9 Å². The Balaban J connectivity index is 1.11. The highest BCUT2D eigenvalue weighted by molar-refractivity contribution is 6.03. The Morgan fingerprint density at radius 2 is 1.46 bits per heavy atom. The van der Waals surface area contributed by atoms with Crippen LogP contribution in [0.15, 0.2) is 58.6 Å². The normalized spacial score (nSPS) is 23.0. The zero-order valence-corrected chi connectivity index (χ0v) is 23.3. The minimum atomic E-state index is -0.806. The minimum absolute atomic E-state index is 0.0170. The van der Waals surface area contributed by atoms with E-state index in [0.717, 1.165) is 24.0 Å². The molecule has 0 saturated carbocycles. The van der Waals surface area contributed by atoms with Gasteiger partial charge in [0.2, 0.25) is 0 Å². The molecule has 0 bridgehead atoms. The smallest absolute Gasteiger partial charge is 0.257 e. The van der Waals surface area contributed by atoms with Gasteiger partial charge in [0, 0.05) is 49.6 Å². The van der Waals surface area contributed by atoms with Gasteiger partial charge in [-0.25, -0.2) is 0 Å². The standard InChI is InChI=1S/C31H34N4O6/c1-18-8-20-14-32-24-12-28(26(38-3)10-22(24)30(36)34(20)16-18)40-6-5-7-41-29-13-25-23(11-27(29)39-4)31(37)35-17-19(2)9-21(35)15-33-25/h10-15,20-21,30,36H,1-2,5-9,16-17H2,3-4H3/t20-,21-,30?/m0/s1. The zero-order chi connectivity index (χ0) is 28.7. The van der Waals surface area contributed by atoms with E-state index in [0.29, 0.717) is 78.2 Å². The second kappa shape index (κ2) is 11.0. The quantitative estimate of drug-likeness (QED) is 0.379. The van der Waals surface area contributed by atoms with Gasteiger partial charge >= 0.3 is 0 Å². The van der Waals surface area contributed by atoms with E-state index in [2.05, 4.69) is 23.1 Å².